The van der Waals surface area contributed by atoms with Crippen LogP contribution in [0.5, 0.6) is 0 Å². The van der Waals surface area contributed by atoms with Gasteiger partial charge < -0.3 is 4.98 Å². The van der Waals surface area contributed by atoms with Crippen LogP contribution in [0.4, 0.5) is 0 Å². The van der Waals surface area contributed by atoms with Crippen LogP contribution in [-0.4, -0.2) is 4.98 Å². The molecule has 0 aliphatic heterocycles. The third kappa shape index (κ3) is 1.95. The van der Waals surface area contributed by atoms with Crippen LogP contribution in [0.25, 0.3) is 0 Å². The van der Waals surface area contributed by atoms with Crippen LogP contribution in [0.1, 0.15) is 18.9 Å². The molecule has 10 heavy (non-hydrogen) atoms. The standard InChI is InChI=1S/C8H11NS/c1-2-3-7-4-5-8(10)9-6-7/h4-6H,2-3H2,1H3,(H,9,10). The van der Waals surface area contributed by atoms with Crippen molar-refractivity contribution in [2.75, 3.05) is 0 Å². The molecule has 0 aromatic carbocycles. The minimum Gasteiger partial charge on any atom is -0.353 e. The second kappa shape index (κ2) is 3.52. The van der Waals surface area contributed by atoms with Gasteiger partial charge in [-0.25, -0.2) is 0 Å². The number of pyridine rings is 1. The lowest BCUT2D eigenvalue weighted by Gasteiger charge is -1.94. The summed E-state index contributed by atoms with van der Waals surface area (Å²) in [6.45, 7) is 2.17. The van der Waals surface area contributed by atoms with Gasteiger partial charge in [-0.05, 0) is 18.1 Å². The van der Waals surface area contributed by atoms with Crippen LogP contribution in [0.15, 0.2) is 18.3 Å². The Hall–Kier alpha value is -0.630. The average Bonchev–Trinajstić information content (AvgIpc) is 1.95. The molecular weight excluding hydrogens is 142 g/mol. The molecule has 0 atom stereocenters. The lowest BCUT2D eigenvalue weighted by molar-refractivity contribution is 0.913. The number of hydrogen-bond acceptors (Lipinski definition) is 1. The maximum atomic E-state index is 4.90. The predicted octanol–water partition coefficient (Wildman–Crippen LogP) is 2.70. The molecule has 0 saturated carbocycles. The van der Waals surface area contributed by atoms with Crippen LogP contribution in [-0.2, 0) is 6.42 Å². The topological polar surface area (TPSA) is 15.8 Å². The van der Waals surface area contributed by atoms with E-state index in [2.05, 4.69) is 18.0 Å². The number of rotatable bonds is 2. The molecule has 0 aliphatic rings. The Bertz CT molecular complexity index is 231. The van der Waals surface area contributed by atoms with Crippen molar-refractivity contribution in [1.29, 1.82) is 0 Å². The SMILES string of the molecule is CCCc1ccc(=S)[nH]c1. The van der Waals surface area contributed by atoms with Gasteiger partial charge in [-0.15, -0.1) is 0 Å². The van der Waals surface area contributed by atoms with E-state index in [0.717, 1.165) is 11.1 Å². The minimum atomic E-state index is 0.805. The van der Waals surface area contributed by atoms with E-state index in [9.17, 15) is 0 Å². The number of aromatic nitrogens is 1. The monoisotopic (exact) mass is 153 g/mol. The average molecular weight is 153 g/mol. The summed E-state index contributed by atoms with van der Waals surface area (Å²) in [7, 11) is 0. The van der Waals surface area contributed by atoms with Gasteiger partial charge >= 0.3 is 0 Å². The number of H-pyrrole nitrogens is 1. The highest BCUT2D eigenvalue weighted by molar-refractivity contribution is 7.71. The van der Waals surface area contributed by atoms with Crippen molar-refractivity contribution in [3.05, 3.63) is 28.5 Å². The van der Waals surface area contributed by atoms with Crippen molar-refractivity contribution in [1.82, 2.24) is 4.98 Å². The third-order valence-corrected chi connectivity index (χ3v) is 1.64. The predicted molar refractivity (Wildman–Crippen MR) is 45.6 cm³/mol. The fourth-order valence-corrected chi connectivity index (χ4v) is 1.01. The molecule has 0 amide bonds. The van der Waals surface area contributed by atoms with Gasteiger partial charge in [-0.1, -0.05) is 31.6 Å². The summed E-state index contributed by atoms with van der Waals surface area (Å²) in [5.74, 6) is 0. The first-order valence-electron chi connectivity index (χ1n) is 3.50. The molecule has 1 aromatic heterocycles. The molecule has 1 N–H and O–H groups in total. The molecule has 54 valence electrons. The Kier molecular flexibility index (Phi) is 2.63. The highest BCUT2D eigenvalue weighted by Gasteiger charge is 1.86. The van der Waals surface area contributed by atoms with Crippen LogP contribution in [0, 0.1) is 4.64 Å². The van der Waals surface area contributed by atoms with Crippen LogP contribution >= 0.6 is 12.2 Å². The van der Waals surface area contributed by atoms with Crippen molar-refractivity contribution < 1.29 is 0 Å². The molecule has 1 rings (SSSR count). The molecular formula is C8H11NS. The summed E-state index contributed by atoms with van der Waals surface area (Å²) in [5.41, 5.74) is 1.33. The summed E-state index contributed by atoms with van der Waals surface area (Å²) in [5, 5.41) is 0. The van der Waals surface area contributed by atoms with Crippen molar-refractivity contribution >= 4 is 12.2 Å². The molecule has 0 bridgehead atoms. The van der Waals surface area contributed by atoms with Crippen molar-refractivity contribution in [3.63, 3.8) is 0 Å². The molecule has 0 saturated heterocycles. The highest BCUT2D eigenvalue weighted by Crippen LogP contribution is 1.99. The first-order chi connectivity index (χ1) is 4.83. The van der Waals surface area contributed by atoms with Gasteiger partial charge in [-0.2, -0.15) is 0 Å². The second-order valence-electron chi connectivity index (χ2n) is 2.31. The first kappa shape index (κ1) is 7.48. The highest BCUT2D eigenvalue weighted by atomic mass is 32.1. The molecule has 0 radical (unpaired) electrons. The van der Waals surface area contributed by atoms with Gasteiger partial charge in [0.15, 0.2) is 0 Å². The third-order valence-electron chi connectivity index (χ3n) is 1.39. The number of aromatic amines is 1. The van der Waals surface area contributed by atoms with E-state index in [4.69, 9.17) is 12.2 Å². The van der Waals surface area contributed by atoms with Gasteiger partial charge in [0.25, 0.3) is 0 Å². The fraction of sp³-hybridized carbons (Fsp3) is 0.375. The zero-order valence-corrected chi connectivity index (χ0v) is 6.87. The van der Waals surface area contributed by atoms with Crippen LogP contribution in [0.2, 0.25) is 0 Å². The molecule has 0 aliphatic carbocycles. The normalized spacial score (nSPS) is 9.70. The lowest BCUT2D eigenvalue weighted by Crippen LogP contribution is -1.83. The number of hydrogen-bond donors (Lipinski definition) is 1. The van der Waals surface area contributed by atoms with E-state index in [1.54, 1.807) is 0 Å². The Morgan fingerprint density at radius 3 is 2.80 bits per heavy atom. The maximum Gasteiger partial charge on any atom is 0.103 e. The van der Waals surface area contributed by atoms with E-state index in [0.29, 0.717) is 0 Å². The van der Waals surface area contributed by atoms with E-state index < -0.39 is 0 Å². The zero-order chi connectivity index (χ0) is 7.40. The molecule has 0 unspecified atom stereocenters. The molecule has 1 heterocycles. The van der Waals surface area contributed by atoms with Crippen molar-refractivity contribution in [2.24, 2.45) is 0 Å². The summed E-state index contributed by atoms with van der Waals surface area (Å²) in [6.07, 6.45) is 4.29. The summed E-state index contributed by atoms with van der Waals surface area (Å²) in [6, 6.07) is 4.00. The molecule has 0 fully saturated rings. The van der Waals surface area contributed by atoms with Crippen LogP contribution in [0.3, 0.4) is 0 Å². The van der Waals surface area contributed by atoms with E-state index in [-0.39, 0.29) is 0 Å². The summed E-state index contributed by atoms with van der Waals surface area (Å²) in [4.78, 5) is 3.00. The molecule has 1 aromatic rings. The fourth-order valence-electron chi connectivity index (χ4n) is 0.887. The van der Waals surface area contributed by atoms with Gasteiger partial charge in [0.1, 0.15) is 4.64 Å². The molecule has 0 spiro atoms. The van der Waals surface area contributed by atoms with Gasteiger partial charge in [-0.3, -0.25) is 0 Å². The summed E-state index contributed by atoms with van der Waals surface area (Å²) < 4.78 is 0.805. The van der Waals surface area contributed by atoms with Gasteiger partial charge in [0.05, 0.1) is 0 Å². The van der Waals surface area contributed by atoms with Gasteiger partial charge in [0.2, 0.25) is 0 Å². The Balaban J connectivity index is 2.79. The van der Waals surface area contributed by atoms with Crippen molar-refractivity contribution in [3.8, 4) is 0 Å². The van der Waals surface area contributed by atoms with E-state index in [1.165, 1.54) is 12.0 Å². The smallest absolute Gasteiger partial charge is 0.103 e. The molecule has 1 nitrogen and oxygen atoms in total. The number of aryl methyl sites for hydroxylation is 1. The van der Waals surface area contributed by atoms with Gasteiger partial charge in [0, 0.05) is 6.20 Å². The Morgan fingerprint density at radius 1 is 1.50 bits per heavy atom. The van der Waals surface area contributed by atoms with Crippen molar-refractivity contribution in [2.45, 2.75) is 19.8 Å². The quantitative estimate of drug-likeness (QED) is 0.646. The largest absolute Gasteiger partial charge is 0.353 e. The number of nitrogens with one attached hydrogen (secondary N) is 1. The molecule has 2 heteroatoms. The zero-order valence-electron chi connectivity index (χ0n) is 6.05. The summed E-state index contributed by atoms with van der Waals surface area (Å²) >= 11 is 4.90. The first-order valence-corrected chi connectivity index (χ1v) is 3.91. The Morgan fingerprint density at radius 2 is 2.30 bits per heavy atom. The Labute approximate surface area is 66.1 Å². The van der Waals surface area contributed by atoms with E-state index >= 15 is 0 Å². The minimum absolute atomic E-state index is 0.805. The lowest BCUT2D eigenvalue weighted by atomic mass is 10.2. The van der Waals surface area contributed by atoms with Crippen LogP contribution < -0.4 is 0 Å². The maximum absolute atomic E-state index is 4.90. The second-order valence-corrected chi connectivity index (χ2v) is 2.75. The van der Waals surface area contributed by atoms with E-state index in [1.807, 2.05) is 12.3 Å².